The zero-order chi connectivity index (χ0) is 20.3. The maximum absolute atomic E-state index is 12.8. The first-order chi connectivity index (χ1) is 13.3. The fourth-order valence-electron chi connectivity index (χ4n) is 2.66. The van der Waals surface area contributed by atoms with E-state index in [0.717, 1.165) is 12.1 Å². The Morgan fingerprint density at radius 1 is 0.821 bits per heavy atom. The van der Waals surface area contributed by atoms with Crippen LogP contribution in [-0.2, 0) is 10.1 Å². The van der Waals surface area contributed by atoms with Crippen LogP contribution in [0.4, 0.5) is 0 Å². The molecule has 7 nitrogen and oxygen atoms in total. The van der Waals surface area contributed by atoms with Gasteiger partial charge in [-0.3, -0.25) is 4.55 Å². The third-order valence-electron chi connectivity index (χ3n) is 3.88. The van der Waals surface area contributed by atoms with Crippen molar-refractivity contribution in [1.82, 2.24) is 0 Å². The maximum atomic E-state index is 12.8. The summed E-state index contributed by atoms with van der Waals surface area (Å²) in [7, 11) is -4.76. The molecule has 0 atom stereocenters. The molecule has 3 rings (SSSR count). The van der Waals surface area contributed by atoms with E-state index in [1.54, 1.807) is 48.5 Å². The molecular weight excluding hydrogens is 384 g/mol. The number of esters is 1. The lowest BCUT2D eigenvalue weighted by Gasteiger charge is -2.14. The van der Waals surface area contributed by atoms with Crippen LogP contribution in [0.2, 0.25) is 0 Å². The van der Waals surface area contributed by atoms with Crippen LogP contribution in [0.5, 0.6) is 5.75 Å². The number of hydrogen-bond acceptors (Lipinski definition) is 5. The number of ether oxygens (including phenoxy) is 1. The van der Waals surface area contributed by atoms with Gasteiger partial charge in [0.25, 0.3) is 10.1 Å². The van der Waals surface area contributed by atoms with Crippen LogP contribution in [0.1, 0.15) is 20.7 Å². The van der Waals surface area contributed by atoms with Gasteiger partial charge in [0, 0.05) is 5.56 Å². The highest BCUT2D eigenvalue weighted by atomic mass is 32.2. The Labute approximate surface area is 160 Å². The number of aromatic carboxylic acids is 1. The summed E-state index contributed by atoms with van der Waals surface area (Å²) < 4.78 is 37.8. The lowest BCUT2D eigenvalue weighted by molar-refractivity contribution is 0.0697. The van der Waals surface area contributed by atoms with Crippen molar-refractivity contribution >= 4 is 22.1 Å². The van der Waals surface area contributed by atoms with Crippen molar-refractivity contribution in [2.24, 2.45) is 0 Å². The summed E-state index contributed by atoms with van der Waals surface area (Å²) in [6, 6.07) is 17.9. The van der Waals surface area contributed by atoms with Crippen molar-refractivity contribution in [1.29, 1.82) is 0 Å². The van der Waals surface area contributed by atoms with Gasteiger partial charge in [-0.15, -0.1) is 0 Å². The van der Waals surface area contributed by atoms with Crippen LogP contribution >= 0.6 is 0 Å². The first-order valence-electron chi connectivity index (χ1n) is 7.99. The number of carboxylic acids is 1. The van der Waals surface area contributed by atoms with Crippen molar-refractivity contribution in [3.05, 3.63) is 83.9 Å². The molecule has 0 fully saturated rings. The van der Waals surface area contributed by atoms with E-state index in [1.807, 2.05) is 0 Å². The van der Waals surface area contributed by atoms with Crippen LogP contribution in [0.25, 0.3) is 11.1 Å². The Kier molecular flexibility index (Phi) is 5.25. The summed E-state index contributed by atoms with van der Waals surface area (Å²) >= 11 is 0. The highest BCUT2D eigenvalue weighted by Gasteiger charge is 2.26. The number of hydrogen-bond donors (Lipinski definition) is 2. The van der Waals surface area contributed by atoms with E-state index in [0.29, 0.717) is 5.56 Å². The summed E-state index contributed by atoms with van der Waals surface area (Å²) in [5, 5.41) is 9.58. The fraction of sp³-hybridized carbons (Fsp3) is 0. The van der Waals surface area contributed by atoms with E-state index in [9.17, 15) is 27.7 Å². The van der Waals surface area contributed by atoms with Crippen molar-refractivity contribution in [2.45, 2.75) is 4.90 Å². The van der Waals surface area contributed by atoms with Gasteiger partial charge in [0.1, 0.15) is 5.75 Å². The smallest absolute Gasteiger partial charge is 0.344 e. The monoisotopic (exact) mass is 398 g/mol. The molecule has 0 unspecified atom stereocenters. The van der Waals surface area contributed by atoms with Crippen LogP contribution in [0, 0.1) is 0 Å². The zero-order valence-electron chi connectivity index (χ0n) is 14.3. The molecular formula is C20H14O7S. The minimum Gasteiger partial charge on any atom is -0.478 e. The normalized spacial score (nSPS) is 11.0. The Morgan fingerprint density at radius 3 is 1.89 bits per heavy atom. The van der Waals surface area contributed by atoms with Gasteiger partial charge in [0.2, 0.25) is 0 Å². The predicted octanol–water partition coefficient (Wildman–Crippen LogP) is 3.52. The average molecular weight is 398 g/mol. The van der Waals surface area contributed by atoms with Gasteiger partial charge < -0.3 is 9.84 Å². The number of carbonyl (C=O) groups excluding carboxylic acids is 1. The van der Waals surface area contributed by atoms with Crippen molar-refractivity contribution in [2.75, 3.05) is 0 Å². The molecule has 142 valence electrons. The molecule has 0 aromatic heterocycles. The zero-order valence-corrected chi connectivity index (χ0v) is 15.1. The summed E-state index contributed by atoms with van der Waals surface area (Å²) in [6.45, 7) is 0. The van der Waals surface area contributed by atoms with Crippen LogP contribution < -0.4 is 4.74 Å². The molecule has 0 amide bonds. The number of rotatable bonds is 5. The van der Waals surface area contributed by atoms with E-state index >= 15 is 0 Å². The SMILES string of the molecule is O=C(O)c1cc(S(=O)(=O)O)cc(C(=O)Oc2ccccc2)c1-c1ccccc1. The molecule has 28 heavy (non-hydrogen) atoms. The topological polar surface area (TPSA) is 118 Å². The van der Waals surface area contributed by atoms with Crippen LogP contribution in [0.15, 0.2) is 77.7 Å². The molecule has 0 saturated heterocycles. The largest absolute Gasteiger partial charge is 0.478 e. The Balaban J connectivity index is 2.27. The lowest BCUT2D eigenvalue weighted by atomic mass is 9.94. The number of carboxylic acid groups (broad SMARTS) is 1. The summed E-state index contributed by atoms with van der Waals surface area (Å²) in [6.07, 6.45) is 0. The number of carbonyl (C=O) groups is 2. The molecule has 3 aromatic carbocycles. The third kappa shape index (κ3) is 4.08. The first-order valence-corrected chi connectivity index (χ1v) is 9.43. The molecule has 0 aliphatic carbocycles. The molecule has 3 aromatic rings. The molecule has 2 N–H and O–H groups in total. The lowest BCUT2D eigenvalue weighted by Crippen LogP contribution is -2.15. The Bertz CT molecular complexity index is 1140. The van der Waals surface area contributed by atoms with E-state index in [-0.39, 0.29) is 16.9 Å². The molecule has 0 bridgehead atoms. The minimum atomic E-state index is -4.76. The van der Waals surface area contributed by atoms with Gasteiger partial charge in [-0.1, -0.05) is 48.5 Å². The van der Waals surface area contributed by atoms with E-state index < -0.39 is 32.5 Å². The van der Waals surface area contributed by atoms with Gasteiger partial charge >= 0.3 is 11.9 Å². The molecule has 0 heterocycles. The maximum Gasteiger partial charge on any atom is 0.344 e. The summed E-state index contributed by atoms with van der Waals surface area (Å²) in [5.41, 5.74) is -0.396. The molecule has 0 aliphatic heterocycles. The summed E-state index contributed by atoms with van der Waals surface area (Å²) in [4.78, 5) is 23.8. The molecule has 0 spiro atoms. The Morgan fingerprint density at radius 2 is 1.36 bits per heavy atom. The van der Waals surface area contributed by atoms with E-state index in [4.69, 9.17) is 4.74 Å². The van der Waals surface area contributed by atoms with Crippen LogP contribution in [-0.4, -0.2) is 30.0 Å². The van der Waals surface area contributed by atoms with Crippen molar-refractivity contribution < 1.29 is 32.4 Å². The highest BCUT2D eigenvalue weighted by Crippen LogP contribution is 2.32. The van der Waals surface area contributed by atoms with Crippen molar-refractivity contribution in [3.63, 3.8) is 0 Å². The number of para-hydroxylation sites is 1. The molecule has 0 saturated carbocycles. The second kappa shape index (κ2) is 7.63. The second-order valence-electron chi connectivity index (χ2n) is 5.74. The average Bonchev–Trinajstić information content (AvgIpc) is 2.67. The van der Waals surface area contributed by atoms with Crippen LogP contribution in [0.3, 0.4) is 0 Å². The summed E-state index contributed by atoms with van der Waals surface area (Å²) in [5.74, 6) is -2.23. The quantitative estimate of drug-likeness (QED) is 0.383. The predicted molar refractivity (Wildman–Crippen MR) is 100 cm³/mol. The van der Waals surface area contributed by atoms with Crippen molar-refractivity contribution in [3.8, 4) is 16.9 Å². The van der Waals surface area contributed by atoms with E-state index in [1.165, 1.54) is 12.1 Å². The second-order valence-corrected chi connectivity index (χ2v) is 7.16. The van der Waals surface area contributed by atoms with E-state index in [2.05, 4.69) is 0 Å². The molecule has 0 radical (unpaired) electrons. The molecule has 0 aliphatic rings. The fourth-order valence-corrected chi connectivity index (χ4v) is 3.19. The minimum absolute atomic E-state index is 0.0126. The third-order valence-corrected chi connectivity index (χ3v) is 4.71. The number of benzene rings is 3. The van der Waals surface area contributed by atoms with Gasteiger partial charge in [-0.05, 0) is 29.8 Å². The molecule has 8 heteroatoms. The standard InChI is InChI=1S/C20H14O7S/c21-19(22)16-11-15(28(24,25)26)12-17(18(16)13-7-3-1-4-8-13)20(23)27-14-9-5-2-6-10-14/h1-12H,(H,21,22)(H,24,25,26). The van der Waals surface area contributed by atoms with Gasteiger partial charge in [-0.25, -0.2) is 9.59 Å². The van der Waals surface area contributed by atoms with Gasteiger partial charge in [0.05, 0.1) is 16.0 Å². The Hall–Kier alpha value is -3.49. The first kappa shape index (κ1) is 19.3. The van der Waals surface area contributed by atoms with Gasteiger partial charge in [-0.2, -0.15) is 8.42 Å². The highest BCUT2D eigenvalue weighted by molar-refractivity contribution is 7.85. The van der Waals surface area contributed by atoms with Gasteiger partial charge in [0.15, 0.2) is 0 Å².